The quantitative estimate of drug-likeness (QED) is 0.570. The Bertz CT molecular complexity index is 303. The summed E-state index contributed by atoms with van der Waals surface area (Å²) in [6, 6.07) is 0. The van der Waals surface area contributed by atoms with Gasteiger partial charge in [-0.2, -0.15) is 0 Å². The summed E-state index contributed by atoms with van der Waals surface area (Å²) in [5.74, 6) is -1.71. The second-order valence-electron chi connectivity index (χ2n) is 4.54. The molecule has 0 saturated heterocycles. The standard InChI is InChI=1S/C13H21F2NO/c1-4-5-11(6-10(2)9-16-3)17-12-7-13(14,15)8-12/h6,9,12,16H,4-5,7-8H2,1-3H3/b10-9-,11-6+. The van der Waals surface area contributed by atoms with Crippen molar-refractivity contribution in [2.45, 2.75) is 51.6 Å². The molecular formula is C13H21F2NO. The van der Waals surface area contributed by atoms with Crippen LogP contribution in [-0.4, -0.2) is 19.1 Å². The third-order valence-electron chi connectivity index (χ3n) is 2.63. The molecule has 0 radical (unpaired) electrons. The Labute approximate surface area is 102 Å². The van der Waals surface area contributed by atoms with E-state index < -0.39 is 5.92 Å². The number of hydrogen-bond donors (Lipinski definition) is 1. The minimum absolute atomic E-state index is 0.150. The fourth-order valence-electron chi connectivity index (χ4n) is 1.84. The first kappa shape index (κ1) is 14.0. The molecular weight excluding hydrogens is 224 g/mol. The zero-order chi connectivity index (χ0) is 12.9. The van der Waals surface area contributed by atoms with E-state index in [-0.39, 0.29) is 18.9 Å². The average Bonchev–Trinajstić information content (AvgIpc) is 2.15. The lowest BCUT2D eigenvalue weighted by Crippen LogP contribution is -2.41. The summed E-state index contributed by atoms with van der Waals surface area (Å²) in [5, 5.41) is 2.93. The minimum Gasteiger partial charge on any atom is -0.494 e. The molecule has 0 aromatic carbocycles. The zero-order valence-corrected chi connectivity index (χ0v) is 10.7. The average molecular weight is 245 g/mol. The van der Waals surface area contributed by atoms with E-state index in [1.54, 1.807) is 0 Å². The summed E-state index contributed by atoms with van der Waals surface area (Å²) in [5.41, 5.74) is 1.03. The molecule has 0 aliphatic heterocycles. The topological polar surface area (TPSA) is 21.3 Å². The Morgan fingerprint density at radius 2 is 2.12 bits per heavy atom. The lowest BCUT2D eigenvalue weighted by Gasteiger charge is -2.35. The molecule has 0 heterocycles. The van der Waals surface area contributed by atoms with E-state index in [1.165, 1.54) is 0 Å². The molecule has 0 aromatic rings. The Kier molecular flexibility index (Phi) is 4.97. The van der Waals surface area contributed by atoms with Gasteiger partial charge in [0.05, 0.1) is 5.76 Å². The predicted molar refractivity (Wildman–Crippen MR) is 64.9 cm³/mol. The maximum Gasteiger partial charge on any atom is 0.255 e. The van der Waals surface area contributed by atoms with Crippen LogP contribution in [0, 0.1) is 0 Å². The normalized spacial score (nSPS) is 21.0. The van der Waals surface area contributed by atoms with Crippen molar-refractivity contribution in [2.75, 3.05) is 7.05 Å². The van der Waals surface area contributed by atoms with Gasteiger partial charge in [-0.25, -0.2) is 8.78 Å². The van der Waals surface area contributed by atoms with Gasteiger partial charge in [0.15, 0.2) is 0 Å². The van der Waals surface area contributed by atoms with Gasteiger partial charge in [-0.05, 0) is 31.2 Å². The largest absolute Gasteiger partial charge is 0.494 e. The van der Waals surface area contributed by atoms with Gasteiger partial charge in [-0.15, -0.1) is 0 Å². The van der Waals surface area contributed by atoms with Crippen LogP contribution in [0.15, 0.2) is 23.6 Å². The lowest BCUT2D eigenvalue weighted by atomic mass is 9.91. The van der Waals surface area contributed by atoms with Crippen LogP contribution in [0.3, 0.4) is 0 Å². The van der Waals surface area contributed by atoms with Gasteiger partial charge >= 0.3 is 0 Å². The van der Waals surface area contributed by atoms with Gasteiger partial charge in [0.25, 0.3) is 5.92 Å². The molecule has 98 valence electrons. The monoisotopic (exact) mass is 245 g/mol. The van der Waals surface area contributed by atoms with Crippen molar-refractivity contribution in [2.24, 2.45) is 0 Å². The van der Waals surface area contributed by atoms with Crippen LogP contribution in [0.5, 0.6) is 0 Å². The Morgan fingerprint density at radius 3 is 2.59 bits per heavy atom. The van der Waals surface area contributed by atoms with Gasteiger partial charge in [-0.3, -0.25) is 0 Å². The van der Waals surface area contributed by atoms with Crippen molar-refractivity contribution in [3.63, 3.8) is 0 Å². The molecule has 1 N–H and O–H groups in total. The van der Waals surface area contributed by atoms with Crippen molar-refractivity contribution in [1.29, 1.82) is 0 Å². The number of alkyl halides is 2. The van der Waals surface area contributed by atoms with Crippen LogP contribution in [0.25, 0.3) is 0 Å². The fourth-order valence-corrected chi connectivity index (χ4v) is 1.84. The molecule has 0 unspecified atom stereocenters. The Hall–Kier alpha value is -1.06. The predicted octanol–water partition coefficient (Wildman–Crippen LogP) is 3.61. The molecule has 1 aliphatic rings. The highest BCUT2D eigenvalue weighted by Crippen LogP contribution is 2.40. The van der Waals surface area contributed by atoms with E-state index in [1.807, 2.05) is 33.2 Å². The van der Waals surface area contributed by atoms with Crippen LogP contribution in [0.4, 0.5) is 8.78 Å². The fraction of sp³-hybridized carbons (Fsp3) is 0.692. The van der Waals surface area contributed by atoms with Gasteiger partial charge in [0, 0.05) is 26.3 Å². The number of halogens is 2. The summed E-state index contributed by atoms with van der Waals surface area (Å²) < 4.78 is 31.0. The SMILES string of the molecule is CCC/C(=C\C(C)=C/NC)OC1CC(F)(F)C1. The van der Waals surface area contributed by atoms with Crippen molar-refractivity contribution < 1.29 is 13.5 Å². The second kappa shape index (κ2) is 6.03. The van der Waals surface area contributed by atoms with Crippen LogP contribution >= 0.6 is 0 Å². The van der Waals surface area contributed by atoms with Crippen molar-refractivity contribution in [3.8, 4) is 0 Å². The highest BCUT2D eigenvalue weighted by Gasteiger charge is 2.47. The number of hydrogen-bond acceptors (Lipinski definition) is 2. The van der Waals surface area contributed by atoms with E-state index in [4.69, 9.17) is 4.74 Å². The van der Waals surface area contributed by atoms with Crippen LogP contribution < -0.4 is 5.32 Å². The molecule has 0 spiro atoms. The summed E-state index contributed by atoms with van der Waals surface area (Å²) in [4.78, 5) is 0. The van der Waals surface area contributed by atoms with E-state index in [0.717, 1.165) is 24.2 Å². The highest BCUT2D eigenvalue weighted by atomic mass is 19.3. The smallest absolute Gasteiger partial charge is 0.255 e. The van der Waals surface area contributed by atoms with Crippen molar-refractivity contribution in [1.82, 2.24) is 5.32 Å². The summed E-state index contributed by atoms with van der Waals surface area (Å²) in [7, 11) is 1.82. The third kappa shape index (κ3) is 4.75. The Morgan fingerprint density at radius 1 is 1.47 bits per heavy atom. The van der Waals surface area contributed by atoms with E-state index in [2.05, 4.69) is 5.32 Å². The first-order valence-corrected chi connectivity index (χ1v) is 6.06. The Balaban J connectivity index is 2.52. The van der Waals surface area contributed by atoms with Crippen LogP contribution in [-0.2, 0) is 4.74 Å². The summed E-state index contributed by atoms with van der Waals surface area (Å²) in [6.07, 6.45) is 4.89. The lowest BCUT2D eigenvalue weighted by molar-refractivity contribution is -0.152. The summed E-state index contributed by atoms with van der Waals surface area (Å²) in [6.45, 7) is 3.99. The third-order valence-corrected chi connectivity index (χ3v) is 2.63. The summed E-state index contributed by atoms with van der Waals surface area (Å²) >= 11 is 0. The first-order chi connectivity index (χ1) is 7.96. The molecule has 4 heteroatoms. The zero-order valence-electron chi connectivity index (χ0n) is 10.7. The second-order valence-corrected chi connectivity index (χ2v) is 4.54. The van der Waals surface area contributed by atoms with E-state index in [9.17, 15) is 8.78 Å². The van der Waals surface area contributed by atoms with Crippen molar-refractivity contribution in [3.05, 3.63) is 23.6 Å². The van der Waals surface area contributed by atoms with E-state index >= 15 is 0 Å². The minimum atomic E-state index is -2.52. The molecule has 0 amide bonds. The van der Waals surface area contributed by atoms with Gasteiger partial charge in [0.1, 0.15) is 6.10 Å². The highest BCUT2D eigenvalue weighted by molar-refractivity contribution is 5.18. The molecule has 0 aromatic heterocycles. The maximum absolute atomic E-state index is 12.7. The molecule has 1 saturated carbocycles. The molecule has 0 atom stereocenters. The number of nitrogens with one attached hydrogen (secondary N) is 1. The van der Waals surface area contributed by atoms with Gasteiger partial charge in [0.2, 0.25) is 0 Å². The van der Waals surface area contributed by atoms with Crippen molar-refractivity contribution >= 4 is 0 Å². The van der Waals surface area contributed by atoms with Crippen LogP contribution in [0.2, 0.25) is 0 Å². The first-order valence-electron chi connectivity index (χ1n) is 6.06. The number of ether oxygens (including phenoxy) is 1. The van der Waals surface area contributed by atoms with Gasteiger partial charge < -0.3 is 10.1 Å². The van der Waals surface area contributed by atoms with Gasteiger partial charge in [-0.1, -0.05) is 6.92 Å². The maximum atomic E-state index is 12.7. The molecule has 17 heavy (non-hydrogen) atoms. The molecule has 2 nitrogen and oxygen atoms in total. The molecule has 1 rings (SSSR count). The van der Waals surface area contributed by atoms with E-state index in [0.29, 0.717) is 0 Å². The molecule has 1 fully saturated rings. The molecule has 0 bridgehead atoms. The number of allylic oxidation sites excluding steroid dienone is 3. The van der Waals surface area contributed by atoms with Crippen LogP contribution in [0.1, 0.15) is 39.5 Å². The number of rotatable bonds is 6. The molecule has 1 aliphatic carbocycles.